The van der Waals surface area contributed by atoms with Crippen molar-refractivity contribution in [1.29, 1.82) is 0 Å². The van der Waals surface area contributed by atoms with Crippen LogP contribution in [-0.4, -0.2) is 57.6 Å². The molecule has 0 bridgehead atoms. The largest absolute Gasteiger partial charge is 0.421 e. The van der Waals surface area contributed by atoms with Gasteiger partial charge in [0.2, 0.25) is 0 Å². The molecule has 4 aromatic rings. The Kier molecular flexibility index (Phi) is 4.95. The maximum atomic E-state index is 6.47. The van der Waals surface area contributed by atoms with Gasteiger partial charge in [-0.2, -0.15) is 9.97 Å². The number of halogens is 1. The zero-order chi connectivity index (χ0) is 22.5. The van der Waals surface area contributed by atoms with Crippen molar-refractivity contribution in [3.05, 3.63) is 35.4 Å². The topological polar surface area (TPSA) is 104 Å². The van der Waals surface area contributed by atoms with E-state index >= 15 is 0 Å². The van der Waals surface area contributed by atoms with Gasteiger partial charge in [-0.15, -0.1) is 0 Å². The van der Waals surface area contributed by atoms with Crippen molar-refractivity contribution in [2.45, 2.75) is 25.8 Å². The van der Waals surface area contributed by atoms with Crippen molar-refractivity contribution >= 4 is 45.0 Å². The minimum Gasteiger partial charge on any atom is -0.421 e. The normalized spacial score (nSPS) is 20.4. The number of benzene rings is 1. The van der Waals surface area contributed by atoms with Crippen LogP contribution in [0.4, 0.5) is 11.5 Å². The molecule has 1 aromatic carbocycles. The number of rotatable bonds is 4. The average Bonchev–Trinajstić information content (AvgIpc) is 3.41. The highest BCUT2D eigenvalue weighted by Crippen LogP contribution is 2.40. The molecule has 2 atom stereocenters. The van der Waals surface area contributed by atoms with Gasteiger partial charge in [0.15, 0.2) is 5.75 Å². The van der Waals surface area contributed by atoms with Crippen molar-refractivity contribution in [2.24, 2.45) is 5.92 Å². The maximum absolute atomic E-state index is 6.47. The Hall–Kier alpha value is -3.17. The lowest BCUT2D eigenvalue weighted by Crippen LogP contribution is -2.40. The first-order valence-corrected chi connectivity index (χ1v) is 11.6. The third kappa shape index (κ3) is 3.61. The molecular formula is C23H25ClN8O. The number of H-pyrrole nitrogens is 1. The van der Waals surface area contributed by atoms with Crippen LogP contribution in [0.25, 0.3) is 21.9 Å². The first-order valence-electron chi connectivity index (χ1n) is 11.2. The molecule has 2 saturated heterocycles. The number of fused-ring (bicyclic) bond motifs is 4. The summed E-state index contributed by atoms with van der Waals surface area (Å²) in [5.41, 5.74) is 2.56. The van der Waals surface area contributed by atoms with E-state index in [1.807, 2.05) is 26.1 Å². The van der Waals surface area contributed by atoms with Crippen LogP contribution in [-0.2, 0) is 0 Å². The minimum absolute atomic E-state index is 0.261. The Morgan fingerprint density at radius 1 is 1.18 bits per heavy atom. The van der Waals surface area contributed by atoms with Crippen LogP contribution in [0.15, 0.2) is 24.5 Å². The second kappa shape index (κ2) is 8.00. The van der Waals surface area contributed by atoms with Crippen LogP contribution in [0.5, 0.6) is 11.8 Å². The van der Waals surface area contributed by atoms with Gasteiger partial charge in [0.1, 0.15) is 17.3 Å². The number of aromatic amines is 1. The molecule has 6 rings (SSSR count). The van der Waals surface area contributed by atoms with E-state index in [1.165, 1.54) is 12.8 Å². The van der Waals surface area contributed by atoms with Crippen molar-refractivity contribution < 1.29 is 4.74 Å². The van der Waals surface area contributed by atoms with E-state index in [9.17, 15) is 0 Å². The van der Waals surface area contributed by atoms with Gasteiger partial charge < -0.3 is 25.3 Å². The van der Waals surface area contributed by atoms with E-state index in [-0.39, 0.29) is 6.01 Å². The monoisotopic (exact) mass is 464 g/mol. The summed E-state index contributed by atoms with van der Waals surface area (Å²) in [6.45, 7) is 4.75. The minimum atomic E-state index is 0.261. The number of nitrogens with one attached hydrogen (secondary N) is 3. The van der Waals surface area contributed by atoms with E-state index in [0.717, 1.165) is 47.4 Å². The number of hydrogen-bond acceptors (Lipinski definition) is 8. The summed E-state index contributed by atoms with van der Waals surface area (Å²) in [7, 11) is 1.88. The van der Waals surface area contributed by atoms with Crippen LogP contribution in [0.3, 0.4) is 0 Å². The predicted octanol–water partition coefficient (Wildman–Crippen LogP) is 3.89. The molecule has 9 nitrogen and oxygen atoms in total. The van der Waals surface area contributed by atoms with Gasteiger partial charge >= 0.3 is 6.01 Å². The summed E-state index contributed by atoms with van der Waals surface area (Å²) < 4.78 is 5.99. The molecule has 2 aliphatic heterocycles. The van der Waals surface area contributed by atoms with Crippen molar-refractivity contribution in [1.82, 2.24) is 30.2 Å². The number of hydrogen-bond donors (Lipinski definition) is 3. The van der Waals surface area contributed by atoms with Crippen LogP contribution in [0.1, 0.15) is 18.7 Å². The molecule has 0 amide bonds. The maximum Gasteiger partial charge on any atom is 0.326 e. The lowest BCUT2D eigenvalue weighted by molar-refractivity contribution is 0.340. The number of aromatic nitrogens is 5. The molecule has 5 heterocycles. The van der Waals surface area contributed by atoms with E-state index in [2.05, 4.69) is 30.5 Å². The second-order valence-electron chi connectivity index (χ2n) is 8.74. The molecule has 0 aliphatic carbocycles. The molecule has 2 aliphatic rings. The molecule has 170 valence electrons. The zero-order valence-electron chi connectivity index (χ0n) is 18.5. The average molecular weight is 465 g/mol. The van der Waals surface area contributed by atoms with Gasteiger partial charge in [-0.25, -0.2) is 9.97 Å². The van der Waals surface area contributed by atoms with Crippen LogP contribution >= 0.6 is 11.6 Å². The highest BCUT2D eigenvalue weighted by Gasteiger charge is 2.36. The quantitative estimate of drug-likeness (QED) is 0.418. The summed E-state index contributed by atoms with van der Waals surface area (Å²) in [5.74, 6) is 2.64. The summed E-state index contributed by atoms with van der Waals surface area (Å²) in [5, 5.41) is 9.51. The highest BCUT2D eigenvalue weighted by atomic mass is 35.5. The van der Waals surface area contributed by atoms with Gasteiger partial charge in [-0.1, -0.05) is 11.6 Å². The number of ether oxygens (including phenoxy) is 1. The van der Waals surface area contributed by atoms with E-state index in [0.29, 0.717) is 34.2 Å². The second-order valence-corrected chi connectivity index (χ2v) is 9.18. The Bertz CT molecular complexity index is 1320. The van der Waals surface area contributed by atoms with Crippen molar-refractivity contribution in [3.8, 4) is 11.8 Å². The molecule has 10 heteroatoms. The van der Waals surface area contributed by atoms with Gasteiger partial charge in [-0.05, 0) is 44.4 Å². The number of anilines is 2. The van der Waals surface area contributed by atoms with Crippen LogP contribution < -0.4 is 20.3 Å². The third-order valence-electron chi connectivity index (χ3n) is 6.62. The fourth-order valence-corrected chi connectivity index (χ4v) is 5.27. The SMILES string of the molecule is CNc1cc(Cl)cc2c1[nH]c1nc(Oc3cnc(C)nc3)nc(N3C[C@H]4CCCN[C@H]4C3)c12. The van der Waals surface area contributed by atoms with Crippen molar-refractivity contribution in [2.75, 3.05) is 36.9 Å². The summed E-state index contributed by atoms with van der Waals surface area (Å²) >= 11 is 6.47. The van der Waals surface area contributed by atoms with Gasteiger partial charge in [-0.3, -0.25) is 0 Å². The molecule has 3 aromatic heterocycles. The predicted molar refractivity (Wildman–Crippen MR) is 130 cm³/mol. The molecule has 0 saturated carbocycles. The lowest BCUT2D eigenvalue weighted by Gasteiger charge is -2.24. The molecule has 0 radical (unpaired) electrons. The lowest BCUT2D eigenvalue weighted by atomic mass is 9.94. The molecule has 0 spiro atoms. The summed E-state index contributed by atoms with van der Waals surface area (Å²) in [6, 6.07) is 4.61. The smallest absolute Gasteiger partial charge is 0.326 e. The standard InChI is InChI=1S/C23H25ClN8O/c1-12-27-8-15(9-28-12)33-23-30-21-19(16-6-14(24)7-17(25-2)20(16)29-21)22(31-23)32-10-13-4-3-5-26-18(13)11-32/h6-9,13,18,25-26H,3-5,10-11H2,1-2H3,(H,29,30,31)/t13-,18+/m1/s1. The van der Waals surface area contributed by atoms with E-state index in [1.54, 1.807) is 12.4 Å². The molecule has 0 unspecified atom stereocenters. The fourth-order valence-electron chi connectivity index (χ4n) is 5.05. The summed E-state index contributed by atoms with van der Waals surface area (Å²) in [4.78, 5) is 23.8. The Labute approximate surface area is 195 Å². The van der Waals surface area contributed by atoms with E-state index < -0.39 is 0 Å². The molecule has 2 fully saturated rings. The van der Waals surface area contributed by atoms with Gasteiger partial charge in [0.05, 0.1) is 29.0 Å². The number of aryl methyl sites for hydroxylation is 1. The number of piperidine rings is 1. The zero-order valence-corrected chi connectivity index (χ0v) is 19.3. The summed E-state index contributed by atoms with van der Waals surface area (Å²) in [6.07, 6.45) is 5.71. The fraction of sp³-hybridized carbons (Fsp3) is 0.391. The highest BCUT2D eigenvalue weighted by molar-refractivity contribution is 6.32. The Balaban J connectivity index is 1.52. The van der Waals surface area contributed by atoms with Gasteiger partial charge in [0, 0.05) is 36.6 Å². The molecular weight excluding hydrogens is 440 g/mol. The first kappa shape index (κ1) is 20.4. The Morgan fingerprint density at radius 2 is 2.03 bits per heavy atom. The van der Waals surface area contributed by atoms with E-state index in [4.69, 9.17) is 26.3 Å². The third-order valence-corrected chi connectivity index (χ3v) is 6.84. The van der Waals surface area contributed by atoms with Crippen LogP contribution in [0.2, 0.25) is 5.02 Å². The first-order chi connectivity index (χ1) is 16.1. The Morgan fingerprint density at radius 3 is 2.82 bits per heavy atom. The van der Waals surface area contributed by atoms with Gasteiger partial charge in [0.25, 0.3) is 0 Å². The number of nitrogens with zero attached hydrogens (tertiary/aromatic N) is 5. The molecule has 3 N–H and O–H groups in total. The molecule has 33 heavy (non-hydrogen) atoms. The van der Waals surface area contributed by atoms with Crippen molar-refractivity contribution in [3.63, 3.8) is 0 Å². The van der Waals surface area contributed by atoms with Crippen LogP contribution in [0, 0.1) is 12.8 Å².